The molecule has 2 aromatic carbocycles. The first-order valence-corrected chi connectivity index (χ1v) is 13.7. The number of allylic oxidation sites excluding steroid dienone is 1. The molecule has 1 amide bonds. The van der Waals surface area contributed by atoms with Crippen molar-refractivity contribution in [1.82, 2.24) is 10.2 Å². The standard InChI is InChI=1S/C27H22N6O2S2/c1-15-6-4-7-16(12-15)14-36-26-32-31-25(37-26)33-20-10-5-11-21(34)22(20)27(18(13-28)23(33)29)17-8-2-3-9-19(17)30-24(27)35/h2-4,6-9,12H,5,10-11,14,29H2,1H3,(H,30,35)/t27-/m1/s1. The molecule has 8 nitrogen and oxygen atoms in total. The molecule has 3 aromatic rings. The molecule has 37 heavy (non-hydrogen) atoms. The van der Waals surface area contributed by atoms with E-state index in [1.165, 1.54) is 22.5 Å². The number of Topliss-reactive ketones (excluding diaryl/α,β-unsaturated/α-hetero) is 1. The van der Waals surface area contributed by atoms with E-state index in [1.807, 2.05) is 12.1 Å². The lowest BCUT2D eigenvalue weighted by atomic mass is 9.64. The number of aromatic nitrogens is 2. The molecule has 0 radical (unpaired) electrons. The average molecular weight is 527 g/mol. The third-order valence-corrected chi connectivity index (χ3v) is 9.08. The number of nitrogens with one attached hydrogen (secondary N) is 1. The first-order valence-electron chi connectivity index (χ1n) is 11.8. The van der Waals surface area contributed by atoms with E-state index in [-0.39, 0.29) is 17.2 Å². The van der Waals surface area contributed by atoms with Crippen LogP contribution in [0.5, 0.6) is 0 Å². The molecule has 1 atom stereocenters. The van der Waals surface area contributed by atoms with E-state index in [0.717, 1.165) is 10.1 Å². The average Bonchev–Trinajstić information content (AvgIpc) is 3.46. The van der Waals surface area contributed by atoms with Crippen LogP contribution in [0.2, 0.25) is 0 Å². The van der Waals surface area contributed by atoms with Gasteiger partial charge in [-0.1, -0.05) is 71.1 Å². The van der Waals surface area contributed by atoms with Crippen LogP contribution >= 0.6 is 23.1 Å². The van der Waals surface area contributed by atoms with Gasteiger partial charge >= 0.3 is 0 Å². The lowest BCUT2D eigenvalue weighted by molar-refractivity contribution is -0.122. The Kier molecular flexibility index (Phi) is 5.62. The van der Waals surface area contributed by atoms with Gasteiger partial charge < -0.3 is 11.1 Å². The van der Waals surface area contributed by atoms with Crippen LogP contribution in [0.25, 0.3) is 0 Å². The Morgan fingerprint density at radius 1 is 1.19 bits per heavy atom. The zero-order valence-electron chi connectivity index (χ0n) is 19.9. The van der Waals surface area contributed by atoms with Gasteiger partial charge in [0.25, 0.3) is 0 Å². The number of benzene rings is 2. The molecule has 0 fully saturated rings. The maximum Gasteiger partial charge on any atom is 0.245 e. The first kappa shape index (κ1) is 23.5. The number of anilines is 2. The Balaban J connectivity index is 1.46. The Morgan fingerprint density at radius 2 is 2.03 bits per heavy atom. The summed E-state index contributed by atoms with van der Waals surface area (Å²) in [7, 11) is 0. The van der Waals surface area contributed by atoms with Crippen molar-refractivity contribution >= 4 is 45.6 Å². The van der Waals surface area contributed by atoms with Crippen LogP contribution in [0.15, 0.2) is 75.5 Å². The number of thioether (sulfide) groups is 1. The summed E-state index contributed by atoms with van der Waals surface area (Å²) >= 11 is 2.91. The number of hydrogen-bond donors (Lipinski definition) is 2. The molecule has 10 heteroatoms. The van der Waals surface area contributed by atoms with Crippen molar-refractivity contribution < 1.29 is 9.59 Å². The lowest BCUT2D eigenvalue weighted by Crippen LogP contribution is -2.50. The summed E-state index contributed by atoms with van der Waals surface area (Å²) in [4.78, 5) is 28.8. The highest BCUT2D eigenvalue weighted by Gasteiger charge is 2.60. The molecular formula is C27H22N6O2S2. The number of carbonyl (C=O) groups is 2. The molecule has 0 bridgehead atoms. The number of fused-ring (bicyclic) bond motifs is 3. The van der Waals surface area contributed by atoms with E-state index in [9.17, 15) is 14.9 Å². The Labute approximate surface area is 221 Å². The first-order chi connectivity index (χ1) is 17.9. The number of para-hydroxylation sites is 1. The van der Waals surface area contributed by atoms with E-state index < -0.39 is 11.3 Å². The number of nitrogens with zero attached hydrogens (tertiary/aromatic N) is 4. The molecule has 0 saturated carbocycles. The Morgan fingerprint density at radius 3 is 2.84 bits per heavy atom. The number of carbonyl (C=O) groups excluding carboxylic acids is 2. The summed E-state index contributed by atoms with van der Waals surface area (Å²) in [5, 5.41) is 22.4. The van der Waals surface area contributed by atoms with Crippen molar-refractivity contribution in [2.24, 2.45) is 5.73 Å². The Bertz CT molecular complexity index is 1580. The molecule has 1 aromatic heterocycles. The molecule has 1 aliphatic carbocycles. The second-order valence-electron chi connectivity index (χ2n) is 9.18. The van der Waals surface area contributed by atoms with Gasteiger partial charge in [0, 0.05) is 34.7 Å². The number of aryl methyl sites for hydroxylation is 1. The van der Waals surface area contributed by atoms with Crippen molar-refractivity contribution in [1.29, 1.82) is 5.26 Å². The predicted molar refractivity (Wildman–Crippen MR) is 143 cm³/mol. The van der Waals surface area contributed by atoms with E-state index >= 15 is 0 Å². The highest BCUT2D eigenvalue weighted by Crippen LogP contribution is 2.55. The van der Waals surface area contributed by atoms with E-state index in [0.29, 0.717) is 46.9 Å². The third-order valence-electron chi connectivity index (χ3n) is 6.97. The van der Waals surface area contributed by atoms with Gasteiger partial charge in [-0.3, -0.25) is 14.5 Å². The SMILES string of the molecule is Cc1cccc(CSc2nnc(N3C(N)=C(C#N)[C@@]4(C(=O)Nc5ccccc54)C4=C3CCCC4=O)s2)c1. The summed E-state index contributed by atoms with van der Waals surface area (Å²) in [6.07, 6.45) is 1.45. The molecule has 0 saturated heterocycles. The fourth-order valence-electron chi connectivity index (χ4n) is 5.46. The highest BCUT2D eigenvalue weighted by molar-refractivity contribution is 8.00. The van der Waals surface area contributed by atoms with Gasteiger partial charge in [0.15, 0.2) is 10.1 Å². The van der Waals surface area contributed by atoms with Crippen molar-refractivity contribution in [3.8, 4) is 6.07 Å². The second kappa shape index (κ2) is 8.87. The van der Waals surface area contributed by atoms with Crippen LogP contribution < -0.4 is 16.0 Å². The van der Waals surface area contributed by atoms with Gasteiger partial charge in [0.2, 0.25) is 11.0 Å². The minimum atomic E-state index is -1.56. The van der Waals surface area contributed by atoms with E-state index in [1.54, 1.807) is 34.9 Å². The fraction of sp³-hybridized carbons (Fsp3) is 0.222. The summed E-state index contributed by atoms with van der Waals surface area (Å²) < 4.78 is 0.747. The van der Waals surface area contributed by atoms with Crippen molar-refractivity contribution in [2.45, 2.75) is 41.7 Å². The van der Waals surface area contributed by atoms with Gasteiger partial charge in [-0.25, -0.2) is 0 Å². The number of amides is 1. The number of nitrogens with two attached hydrogens (primary N) is 1. The van der Waals surface area contributed by atoms with Crippen LogP contribution in [-0.4, -0.2) is 21.9 Å². The normalized spacial score (nSPS) is 20.7. The van der Waals surface area contributed by atoms with Crippen molar-refractivity contribution in [2.75, 3.05) is 10.2 Å². The Hall–Kier alpha value is -3.94. The maximum absolute atomic E-state index is 13.6. The smallest absolute Gasteiger partial charge is 0.245 e. The monoisotopic (exact) mass is 526 g/mol. The van der Waals surface area contributed by atoms with E-state index in [2.05, 4.69) is 46.7 Å². The summed E-state index contributed by atoms with van der Waals surface area (Å²) in [5.41, 5.74) is 9.61. The quantitative estimate of drug-likeness (QED) is 0.475. The van der Waals surface area contributed by atoms with Crippen LogP contribution in [0.3, 0.4) is 0 Å². The number of ketones is 1. The summed E-state index contributed by atoms with van der Waals surface area (Å²) in [5.74, 6) is 0.255. The largest absolute Gasteiger partial charge is 0.384 e. The molecule has 184 valence electrons. The maximum atomic E-state index is 13.6. The fourth-order valence-corrected chi connectivity index (χ4v) is 7.29. The third kappa shape index (κ3) is 3.49. The van der Waals surface area contributed by atoms with Crippen molar-refractivity contribution in [3.05, 3.63) is 87.9 Å². The molecule has 0 unspecified atom stereocenters. The molecule has 3 N–H and O–H groups in total. The van der Waals surface area contributed by atoms with Gasteiger partial charge in [0.1, 0.15) is 17.3 Å². The van der Waals surface area contributed by atoms with E-state index in [4.69, 9.17) is 5.73 Å². The molecule has 6 rings (SSSR count). The van der Waals surface area contributed by atoms with Crippen LogP contribution in [0, 0.1) is 18.3 Å². The molecular weight excluding hydrogens is 504 g/mol. The predicted octanol–water partition coefficient (Wildman–Crippen LogP) is 4.55. The number of rotatable bonds is 4. The summed E-state index contributed by atoms with van der Waals surface area (Å²) in [6.45, 7) is 2.06. The number of nitriles is 1. The van der Waals surface area contributed by atoms with Crippen LogP contribution in [0.1, 0.15) is 36.0 Å². The second-order valence-corrected chi connectivity index (χ2v) is 11.4. The van der Waals surface area contributed by atoms with Gasteiger partial charge in [0.05, 0.1) is 5.57 Å². The molecule has 2 aliphatic heterocycles. The minimum Gasteiger partial charge on any atom is -0.384 e. The van der Waals surface area contributed by atoms with Gasteiger partial charge in [-0.2, -0.15) is 5.26 Å². The highest BCUT2D eigenvalue weighted by atomic mass is 32.2. The lowest BCUT2D eigenvalue weighted by Gasteiger charge is -2.42. The van der Waals surface area contributed by atoms with Crippen molar-refractivity contribution in [3.63, 3.8) is 0 Å². The van der Waals surface area contributed by atoms with Gasteiger partial charge in [-0.15, -0.1) is 10.2 Å². The minimum absolute atomic E-state index is 0.0353. The molecule has 3 aliphatic rings. The topological polar surface area (TPSA) is 125 Å². The van der Waals surface area contributed by atoms with Crippen LogP contribution in [0.4, 0.5) is 10.8 Å². The zero-order chi connectivity index (χ0) is 25.7. The van der Waals surface area contributed by atoms with Gasteiger partial charge in [-0.05, 0) is 31.4 Å². The van der Waals surface area contributed by atoms with Crippen LogP contribution in [-0.2, 0) is 20.8 Å². The summed E-state index contributed by atoms with van der Waals surface area (Å²) in [6, 6.07) is 17.6. The molecule has 1 spiro atoms. The molecule has 3 heterocycles. The zero-order valence-corrected chi connectivity index (χ0v) is 21.6. The number of hydrogen-bond acceptors (Lipinski definition) is 9.